The molecular weight excluding hydrogens is 290 g/mol. The van der Waals surface area contributed by atoms with Gasteiger partial charge < -0.3 is 20.8 Å². The van der Waals surface area contributed by atoms with Crippen molar-refractivity contribution in [2.24, 2.45) is 0 Å². The maximum Gasteiger partial charge on any atom is 0.224 e. The fourth-order valence-electron chi connectivity index (χ4n) is 2.48. The Balaban J connectivity index is 1.48. The summed E-state index contributed by atoms with van der Waals surface area (Å²) in [5.41, 5.74) is 8.42. The van der Waals surface area contributed by atoms with Crippen LogP contribution in [0.15, 0.2) is 54.7 Å². The molecule has 2 aromatic carbocycles. The first kappa shape index (κ1) is 15.0. The van der Waals surface area contributed by atoms with E-state index in [4.69, 9.17) is 10.5 Å². The number of nitrogens with one attached hydrogen (secondary N) is 2. The first-order chi connectivity index (χ1) is 11.2. The number of anilines is 1. The fraction of sp³-hybridized carbons (Fsp3) is 0.167. The van der Waals surface area contributed by atoms with Crippen molar-refractivity contribution in [3.8, 4) is 5.75 Å². The van der Waals surface area contributed by atoms with Gasteiger partial charge in [-0.1, -0.05) is 30.3 Å². The van der Waals surface area contributed by atoms with Gasteiger partial charge in [0.25, 0.3) is 0 Å². The molecule has 3 aromatic rings. The molecule has 0 saturated carbocycles. The number of hydrogen-bond donors (Lipinski definition) is 3. The van der Waals surface area contributed by atoms with Crippen LogP contribution in [-0.4, -0.2) is 24.0 Å². The van der Waals surface area contributed by atoms with E-state index in [1.165, 1.54) is 0 Å². The number of rotatable bonds is 6. The summed E-state index contributed by atoms with van der Waals surface area (Å²) in [6.07, 6.45) is 2.23. The van der Waals surface area contributed by atoms with Crippen molar-refractivity contribution < 1.29 is 9.53 Å². The molecule has 118 valence electrons. The van der Waals surface area contributed by atoms with E-state index in [2.05, 4.69) is 10.3 Å². The second-order valence-electron chi connectivity index (χ2n) is 5.27. The minimum atomic E-state index is -0.0283. The van der Waals surface area contributed by atoms with Gasteiger partial charge in [0.2, 0.25) is 5.91 Å². The second kappa shape index (κ2) is 6.87. The predicted molar refractivity (Wildman–Crippen MR) is 91.4 cm³/mol. The van der Waals surface area contributed by atoms with Crippen LogP contribution in [-0.2, 0) is 11.2 Å². The Bertz CT molecular complexity index is 811. The molecule has 0 aliphatic heterocycles. The number of carbonyl (C=O) groups is 1. The normalized spacial score (nSPS) is 10.6. The Morgan fingerprint density at radius 1 is 1.13 bits per heavy atom. The number of ether oxygens (including phenoxy) is 1. The molecule has 0 saturated heterocycles. The Morgan fingerprint density at radius 3 is 2.78 bits per heavy atom. The highest BCUT2D eigenvalue weighted by atomic mass is 16.5. The summed E-state index contributed by atoms with van der Waals surface area (Å²) in [5.74, 6) is 0.609. The minimum absolute atomic E-state index is 0.0283. The molecule has 0 radical (unpaired) electrons. The van der Waals surface area contributed by atoms with Crippen LogP contribution >= 0.6 is 0 Å². The number of amides is 1. The Hall–Kier alpha value is -2.95. The van der Waals surface area contributed by atoms with Crippen LogP contribution in [0.2, 0.25) is 0 Å². The summed E-state index contributed by atoms with van der Waals surface area (Å²) in [6, 6.07) is 15.2. The van der Waals surface area contributed by atoms with E-state index in [-0.39, 0.29) is 5.91 Å². The van der Waals surface area contributed by atoms with E-state index in [1.54, 1.807) is 6.07 Å². The van der Waals surface area contributed by atoms with Crippen molar-refractivity contribution in [1.82, 2.24) is 10.3 Å². The average molecular weight is 309 g/mol. The molecule has 1 amide bonds. The molecule has 0 unspecified atom stereocenters. The lowest BCUT2D eigenvalue weighted by molar-refractivity contribution is -0.120. The summed E-state index contributed by atoms with van der Waals surface area (Å²) in [4.78, 5) is 15.2. The number of benzene rings is 2. The quantitative estimate of drug-likeness (QED) is 0.483. The molecule has 0 aliphatic rings. The van der Waals surface area contributed by atoms with Crippen LogP contribution in [0.25, 0.3) is 10.9 Å². The minimum Gasteiger partial charge on any atom is -0.490 e. The number of aromatic nitrogens is 1. The standard InChI is InChI=1S/C18H19N3O2/c19-15-6-2-4-8-17(15)23-10-9-20-18(22)11-13-12-21-16-7-3-1-5-14(13)16/h1-8,12,21H,9-11,19H2,(H,20,22). The van der Waals surface area contributed by atoms with Gasteiger partial charge in [0.1, 0.15) is 12.4 Å². The molecule has 0 spiro atoms. The topological polar surface area (TPSA) is 80.1 Å². The van der Waals surface area contributed by atoms with Crippen molar-refractivity contribution in [3.05, 3.63) is 60.3 Å². The van der Waals surface area contributed by atoms with Crippen LogP contribution in [0, 0.1) is 0 Å². The van der Waals surface area contributed by atoms with Crippen LogP contribution in [0.5, 0.6) is 5.75 Å². The Labute approximate surface area is 134 Å². The monoisotopic (exact) mass is 309 g/mol. The molecule has 0 bridgehead atoms. The number of para-hydroxylation sites is 3. The summed E-state index contributed by atoms with van der Waals surface area (Å²) < 4.78 is 5.55. The molecule has 0 fully saturated rings. The number of H-pyrrole nitrogens is 1. The van der Waals surface area contributed by atoms with Crippen molar-refractivity contribution in [3.63, 3.8) is 0 Å². The van der Waals surface area contributed by atoms with Crippen molar-refractivity contribution in [2.45, 2.75) is 6.42 Å². The molecule has 0 aliphatic carbocycles. The van der Waals surface area contributed by atoms with Gasteiger partial charge in [-0.25, -0.2) is 0 Å². The third-order valence-electron chi connectivity index (χ3n) is 3.63. The first-order valence-corrected chi connectivity index (χ1v) is 7.53. The number of nitrogen functional groups attached to an aromatic ring is 1. The molecule has 1 heterocycles. The van der Waals surface area contributed by atoms with Crippen LogP contribution in [0.3, 0.4) is 0 Å². The highest BCUT2D eigenvalue weighted by molar-refractivity contribution is 5.88. The predicted octanol–water partition coefficient (Wildman–Crippen LogP) is 2.49. The summed E-state index contributed by atoms with van der Waals surface area (Å²) >= 11 is 0. The summed E-state index contributed by atoms with van der Waals surface area (Å²) in [6.45, 7) is 0.823. The first-order valence-electron chi connectivity index (χ1n) is 7.53. The Kier molecular flexibility index (Phi) is 4.47. The Morgan fingerprint density at radius 2 is 1.91 bits per heavy atom. The van der Waals surface area contributed by atoms with E-state index in [1.807, 2.05) is 48.7 Å². The SMILES string of the molecule is Nc1ccccc1OCCNC(=O)Cc1c[nH]c2ccccc12. The second-order valence-corrected chi connectivity index (χ2v) is 5.27. The highest BCUT2D eigenvalue weighted by Gasteiger charge is 2.08. The average Bonchev–Trinajstić information content (AvgIpc) is 2.96. The summed E-state index contributed by atoms with van der Waals surface area (Å²) in [7, 11) is 0. The van der Waals surface area contributed by atoms with E-state index in [9.17, 15) is 4.79 Å². The lowest BCUT2D eigenvalue weighted by Crippen LogP contribution is -2.29. The molecule has 1 aromatic heterocycles. The van der Waals surface area contributed by atoms with Gasteiger partial charge in [-0.05, 0) is 23.8 Å². The molecule has 23 heavy (non-hydrogen) atoms. The number of aromatic amines is 1. The van der Waals surface area contributed by atoms with Gasteiger partial charge in [-0.3, -0.25) is 4.79 Å². The maximum atomic E-state index is 12.0. The molecule has 5 nitrogen and oxygen atoms in total. The van der Waals surface area contributed by atoms with Gasteiger partial charge in [-0.2, -0.15) is 0 Å². The zero-order valence-corrected chi connectivity index (χ0v) is 12.7. The number of hydrogen-bond acceptors (Lipinski definition) is 3. The molecule has 4 N–H and O–H groups in total. The van der Waals surface area contributed by atoms with Crippen LogP contribution in [0.4, 0.5) is 5.69 Å². The van der Waals surface area contributed by atoms with E-state index < -0.39 is 0 Å². The van der Waals surface area contributed by atoms with Crippen molar-refractivity contribution in [2.75, 3.05) is 18.9 Å². The van der Waals surface area contributed by atoms with Gasteiger partial charge >= 0.3 is 0 Å². The highest BCUT2D eigenvalue weighted by Crippen LogP contribution is 2.19. The molecule has 3 rings (SSSR count). The van der Waals surface area contributed by atoms with Crippen molar-refractivity contribution >= 4 is 22.5 Å². The van der Waals surface area contributed by atoms with Crippen molar-refractivity contribution in [1.29, 1.82) is 0 Å². The van der Waals surface area contributed by atoms with Gasteiger partial charge in [-0.15, -0.1) is 0 Å². The largest absolute Gasteiger partial charge is 0.490 e. The molecular formula is C18H19N3O2. The smallest absolute Gasteiger partial charge is 0.224 e. The zero-order valence-electron chi connectivity index (χ0n) is 12.7. The third kappa shape index (κ3) is 3.63. The number of nitrogens with two attached hydrogens (primary N) is 1. The molecule has 0 atom stereocenters. The number of fused-ring (bicyclic) bond motifs is 1. The van der Waals surface area contributed by atoms with Gasteiger partial charge in [0, 0.05) is 17.1 Å². The van der Waals surface area contributed by atoms with Crippen LogP contribution in [0.1, 0.15) is 5.56 Å². The zero-order chi connectivity index (χ0) is 16.1. The lowest BCUT2D eigenvalue weighted by atomic mass is 10.1. The third-order valence-corrected chi connectivity index (χ3v) is 3.63. The van der Waals surface area contributed by atoms with E-state index in [0.717, 1.165) is 16.5 Å². The van der Waals surface area contributed by atoms with E-state index in [0.29, 0.717) is 31.0 Å². The van der Waals surface area contributed by atoms with E-state index >= 15 is 0 Å². The lowest BCUT2D eigenvalue weighted by Gasteiger charge is -2.09. The maximum absolute atomic E-state index is 12.0. The fourth-order valence-corrected chi connectivity index (χ4v) is 2.48. The van der Waals surface area contributed by atoms with Gasteiger partial charge in [0.05, 0.1) is 18.7 Å². The summed E-state index contributed by atoms with van der Waals surface area (Å²) in [5, 5.41) is 3.94. The molecule has 5 heteroatoms. The van der Waals surface area contributed by atoms with Crippen LogP contribution < -0.4 is 15.8 Å². The number of carbonyl (C=O) groups excluding carboxylic acids is 1. The van der Waals surface area contributed by atoms with Gasteiger partial charge in [0.15, 0.2) is 0 Å².